The van der Waals surface area contributed by atoms with E-state index in [1.165, 1.54) is 19.2 Å². The number of nitrogens with two attached hydrogens (primary N) is 1. The molecule has 0 aromatic carbocycles. The molecule has 0 amide bonds. The van der Waals surface area contributed by atoms with Crippen molar-refractivity contribution in [2.45, 2.75) is 0 Å². The van der Waals surface area contributed by atoms with Crippen molar-refractivity contribution >= 4 is 29.5 Å². The van der Waals surface area contributed by atoms with Crippen molar-refractivity contribution in [3.63, 3.8) is 0 Å². The molecule has 0 aliphatic rings. The van der Waals surface area contributed by atoms with Crippen LogP contribution in [0.4, 0.5) is 0 Å². The summed E-state index contributed by atoms with van der Waals surface area (Å²) in [5.41, 5.74) is 5.16. The predicted octanol–water partition coefficient (Wildman–Crippen LogP) is -0.679. The number of esters is 1. The molecule has 0 fully saturated rings. The van der Waals surface area contributed by atoms with Crippen LogP contribution >= 0.6 is 12.2 Å². The number of hydrogen-bond donors (Lipinski definition) is 1. The van der Waals surface area contributed by atoms with Gasteiger partial charge in [-0.15, -0.1) is 0 Å². The molecular weight excluding hydrogens is 166 g/mol. The molecule has 5 nitrogen and oxygen atoms in total. The van der Waals surface area contributed by atoms with Crippen LogP contribution < -0.4 is 5.73 Å². The van der Waals surface area contributed by atoms with E-state index in [1.54, 1.807) is 0 Å². The Labute approximate surface area is 69.8 Å². The topological polar surface area (TPSA) is 67.9 Å². The van der Waals surface area contributed by atoms with E-state index < -0.39 is 5.97 Å². The van der Waals surface area contributed by atoms with Gasteiger partial charge in [-0.25, -0.2) is 9.80 Å². The summed E-state index contributed by atoms with van der Waals surface area (Å²) in [5.74, 6) is -0.548. The number of thiocarbonyl (C=S) groups is 1. The second-order valence-electron chi connectivity index (χ2n) is 1.63. The first-order valence-electron chi connectivity index (χ1n) is 2.73. The van der Waals surface area contributed by atoms with E-state index >= 15 is 0 Å². The van der Waals surface area contributed by atoms with Gasteiger partial charge >= 0.3 is 5.97 Å². The van der Waals surface area contributed by atoms with Gasteiger partial charge in [-0.1, -0.05) is 0 Å². The normalized spacial score (nSPS) is 9.64. The van der Waals surface area contributed by atoms with Gasteiger partial charge in [0.15, 0.2) is 5.11 Å². The Balaban J connectivity index is 3.92. The van der Waals surface area contributed by atoms with Crippen LogP contribution in [0.25, 0.3) is 0 Å². The molecule has 0 bridgehead atoms. The van der Waals surface area contributed by atoms with E-state index in [1.807, 2.05) is 0 Å². The van der Waals surface area contributed by atoms with Crippen molar-refractivity contribution < 1.29 is 9.53 Å². The summed E-state index contributed by atoms with van der Waals surface area (Å²) >= 11 is 4.54. The van der Waals surface area contributed by atoms with Crippen LogP contribution in [-0.4, -0.2) is 36.5 Å². The van der Waals surface area contributed by atoms with Gasteiger partial charge < -0.3 is 10.5 Å². The molecule has 11 heavy (non-hydrogen) atoms. The van der Waals surface area contributed by atoms with Gasteiger partial charge in [0.25, 0.3) is 0 Å². The van der Waals surface area contributed by atoms with Gasteiger partial charge in [0, 0.05) is 7.05 Å². The zero-order valence-electron chi connectivity index (χ0n) is 6.27. The summed E-state index contributed by atoms with van der Waals surface area (Å²) in [4.78, 5) is 10.5. The van der Waals surface area contributed by atoms with Crippen molar-refractivity contribution in [2.24, 2.45) is 10.8 Å². The van der Waals surface area contributed by atoms with Gasteiger partial charge in [-0.3, -0.25) is 0 Å². The molecule has 0 aliphatic carbocycles. The van der Waals surface area contributed by atoms with Gasteiger partial charge in [0.1, 0.15) is 6.21 Å². The summed E-state index contributed by atoms with van der Waals surface area (Å²) in [6.45, 7) is 0. The minimum absolute atomic E-state index is 0.0881. The predicted molar refractivity (Wildman–Crippen MR) is 45.1 cm³/mol. The minimum atomic E-state index is -0.548. The van der Waals surface area contributed by atoms with E-state index in [-0.39, 0.29) is 5.11 Å². The number of hydrazone groups is 1. The Bertz CT molecular complexity index is 192. The zero-order chi connectivity index (χ0) is 8.85. The molecule has 0 rings (SSSR count). The largest absolute Gasteiger partial charge is 0.465 e. The number of rotatable bonds is 2. The molecule has 0 aliphatic heterocycles. The average molecular weight is 175 g/mol. The number of hydrogen-bond acceptors (Lipinski definition) is 4. The maximum Gasteiger partial charge on any atom is 0.350 e. The Hall–Kier alpha value is -1.17. The molecule has 0 atom stereocenters. The molecule has 0 saturated heterocycles. The maximum atomic E-state index is 10.5. The van der Waals surface area contributed by atoms with Crippen LogP contribution in [0.15, 0.2) is 5.10 Å². The fourth-order valence-corrected chi connectivity index (χ4v) is 0.290. The number of carbonyl (C=O) groups is 1. The van der Waals surface area contributed by atoms with Crippen LogP contribution in [0, 0.1) is 0 Å². The first-order chi connectivity index (χ1) is 5.07. The molecule has 6 heteroatoms. The summed E-state index contributed by atoms with van der Waals surface area (Å²) in [6, 6.07) is 0. The number of carbonyl (C=O) groups excluding carboxylic acids is 1. The lowest BCUT2D eigenvalue weighted by molar-refractivity contribution is -0.132. The standard InChI is InChI=1S/C5H9N3O2S/c1-8(5(6)11)7-3-4(9)10-2/h3H,1-2H3,(H2,6,11)/b7-3+. The van der Waals surface area contributed by atoms with Crippen molar-refractivity contribution in [1.29, 1.82) is 0 Å². The average Bonchev–Trinajstić information content (AvgIpc) is 1.99. The number of ether oxygens (including phenoxy) is 1. The first-order valence-corrected chi connectivity index (χ1v) is 3.14. The van der Waals surface area contributed by atoms with E-state index in [4.69, 9.17) is 5.73 Å². The third-order valence-corrected chi connectivity index (χ3v) is 1.12. The molecule has 0 unspecified atom stereocenters. The van der Waals surface area contributed by atoms with Crippen molar-refractivity contribution in [3.8, 4) is 0 Å². The van der Waals surface area contributed by atoms with Crippen LogP contribution in [0.2, 0.25) is 0 Å². The molecule has 0 saturated carbocycles. The molecule has 0 aromatic heterocycles. The second kappa shape index (κ2) is 4.62. The second-order valence-corrected chi connectivity index (χ2v) is 2.05. The highest BCUT2D eigenvalue weighted by molar-refractivity contribution is 7.80. The van der Waals surface area contributed by atoms with Gasteiger partial charge in [0.2, 0.25) is 0 Å². The third-order valence-electron chi connectivity index (χ3n) is 0.856. The Morgan fingerprint density at radius 2 is 2.36 bits per heavy atom. The van der Waals surface area contributed by atoms with E-state index in [9.17, 15) is 4.79 Å². The molecule has 0 aromatic rings. The lowest BCUT2D eigenvalue weighted by atomic mass is 10.8. The molecule has 0 spiro atoms. The van der Waals surface area contributed by atoms with Crippen LogP contribution in [0.5, 0.6) is 0 Å². The first kappa shape index (κ1) is 9.83. The van der Waals surface area contributed by atoms with E-state index in [0.29, 0.717) is 0 Å². The van der Waals surface area contributed by atoms with Crippen molar-refractivity contribution in [3.05, 3.63) is 0 Å². The summed E-state index contributed by atoms with van der Waals surface area (Å²) in [6.07, 6.45) is 0.985. The minimum Gasteiger partial charge on any atom is -0.465 e. The Kier molecular flexibility index (Phi) is 4.12. The third kappa shape index (κ3) is 4.26. The zero-order valence-corrected chi connectivity index (χ0v) is 7.09. The number of methoxy groups -OCH3 is 1. The monoisotopic (exact) mass is 175 g/mol. The summed E-state index contributed by atoms with van der Waals surface area (Å²) < 4.78 is 4.28. The molecule has 2 N–H and O–H groups in total. The lowest BCUT2D eigenvalue weighted by Gasteiger charge is -2.07. The maximum absolute atomic E-state index is 10.5. The highest BCUT2D eigenvalue weighted by atomic mass is 32.1. The lowest BCUT2D eigenvalue weighted by Crippen LogP contribution is -2.27. The van der Waals surface area contributed by atoms with Gasteiger partial charge in [0.05, 0.1) is 7.11 Å². The Morgan fingerprint density at radius 1 is 1.82 bits per heavy atom. The Morgan fingerprint density at radius 3 is 2.73 bits per heavy atom. The van der Waals surface area contributed by atoms with Crippen LogP contribution in [0.3, 0.4) is 0 Å². The molecule has 62 valence electrons. The van der Waals surface area contributed by atoms with E-state index in [2.05, 4.69) is 22.1 Å². The SMILES string of the molecule is COC(=O)/C=N/N(C)C(N)=S. The summed E-state index contributed by atoms with van der Waals surface area (Å²) in [5, 5.41) is 4.84. The van der Waals surface area contributed by atoms with Crippen LogP contribution in [-0.2, 0) is 9.53 Å². The van der Waals surface area contributed by atoms with Crippen molar-refractivity contribution in [1.82, 2.24) is 5.01 Å². The smallest absolute Gasteiger partial charge is 0.350 e. The quantitative estimate of drug-likeness (QED) is 0.261. The van der Waals surface area contributed by atoms with Crippen LogP contribution in [0.1, 0.15) is 0 Å². The summed E-state index contributed by atoms with van der Waals surface area (Å²) in [7, 11) is 2.79. The fraction of sp³-hybridized carbons (Fsp3) is 0.400. The van der Waals surface area contributed by atoms with E-state index in [0.717, 1.165) is 6.21 Å². The number of nitrogens with zero attached hydrogens (tertiary/aromatic N) is 2. The molecule has 0 radical (unpaired) electrons. The highest BCUT2D eigenvalue weighted by Gasteiger charge is 1.96. The molecule has 0 heterocycles. The fourth-order valence-electron chi connectivity index (χ4n) is 0.243. The van der Waals surface area contributed by atoms with Crippen molar-refractivity contribution in [2.75, 3.05) is 14.2 Å². The highest BCUT2D eigenvalue weighted by Crippen LogP contribution is 1.81. The van der Waals surface area contributed by atoms with Gasteiger partial charge in [-0.05, 0) is 12.2 Å². The molecular formula is C5H9N3O2S. The van der Waals surface area contributed by atoms with Gasteiger partial charge in [-0.2, -0.15) is 5.10 Å².